The number of aromatic nitrogens is 1. The number of pyridine rings is 1. The highest BCUT2D eigenvalue weighted by atomic mass is 16.6. The van der Waals surface area contributed by atoms with Crippen molar-refractivity contribution < 1.29 is 19.1 Å². The first-order valence-corrected chi connectivity index (χ1v) is 14.7. The Hall–Kier alpha value is -4.71. The van der Waals surface area contributed by atoms with E-state index in [9.17, 15) is 9.59 Å². The highest BCUT2D eigenvalue weighted by Gasteiger charge is 2.46. The maximum absolute atomic E-state index is 13.5. The average Bonchev–Trinajstić information content (AvgIpc) is 3.53. The van der Waals surface area contributed by atoms with Crippen LogP contribution in [0.5, 0.6) is 11.5 Å². The van der Waals surface area contributed by atoms with Crippen LogP contribution in [0.3, 0.4) is 0 Å². The minimum atomic E-state index is -0.651. The van der Waals surface area contributed by atoms with E-state index >= 15 is 0 Å². The fourth-order valence-corrected chi connectivity index (χ4v) is 5.76. The Bertz CT molecular complexity index is 1720. The van der Waals surface area contributed by atoms with Crippen molar-refractivity contribution in [1.82, 2.24) is 4.98 Å². The molecule has 6 nitrogen and oxygen atoms in total. The Labute approximate surface area is 253 Å². The molecule has 218 valence electrons. The summed E-state index contributed by atoms with van der Waals surface area (Å²) in [5.41, 5.74) is 5.03. The van der Waals surface area contributed by atoms with E-state index in [4.69, 9.17) is 9.47 Å². The number of fused-ring (bicyclic) bond motifs is 1. The van der Waals surface area contributed by atoms with Crippen LogP contribution in [-0.4, -0.2) is 22.5 Å². The number of carbonyl (C=O) groups excluding carboxylic acids is 2. The molecule has 1 saturated heterocycles. The first-order chi connectivity index (χ1) is 20.5. The van der Waals surface area contributed by atoms with Crippen LogP contribution in [0, 0.1) is 5.41 Å². The number of nitrogens with zero attached hydrogens (tertiary/aromatic N) is 2. The molecule has 1 aliphatic carbocycles. The summed E-state index contributed by atoms with van der Waals surface area (Å²) >= 11 is 0. The molecule has 2 heterocycles. The Balaban J connectivity index is 1.33. The number of anilines is 1. The number of allylic oxidation sites excluding steroid dienone is 1. The van der Waals surface area contributed by atoms with Crippen LogP contribution in [0.15, 0.2) is 91.1 Å². The van der Waals surface area contributed by atoms with Crippen LogP contribution in [-0.2, 0) is 16.0 Å². The van der Waals surface area contributed by atoms with Crippen LogP contribution in [0.4, 0.5) is 5.69 Å². The Morgan fingerprint density at radius 2 is 1.67 bits per heavy atom. The third-order valence-corrected chi connectivity index (χ3v) is 7.89. The molecule has 4 aromatic rings. The van der Waals surface area contributed by atoms with Gasteiger partial charge in [0.1, 0.15) is 22.7 Å². The predicted octanol–water partition coefficient (Wildman–Crippen LogP) is 8.57. The van der Waals surface area contributed by atoms with Crippen molar-refractivity contribution in [1.29, 1.82) is 0 Å². The first-order valence-electron chi connectivity index (χ1n) is 14.7. The van der Waals surface area contributed by atoms with E-state index in [-0.39, 0.29) is 11.9 Å². The van der Waals surface area contributed by atoms with Crippen molar-refractivity contribution >= 4 is 23.6 Å². The molecule has 0 radical (unpaired) electrons. The van der Waals surface area contributed by atoms with Gasteiger partial charge in [-0.1, -0.05) is 74.5 Å². The minimum Gasteiger partial charge on any atom is -0.456 e. The predicted molar refractivity (Wildman–Crippen MR) is 169 cm³/mol. The summed E-state index contributed by atoms with van der Waals surface area (Å²) in [5.74, 6) is 0.592. The molecule has 2 aliphatic rings. The van der Waals surface area contributed by atoms with Gasteiger partial charge in [-0.25, -0.2) is 4.79 Å². The fraction of sp³-hybridized carbons (Fsp3) is 0.270. The zero-order valence-corrected chi connectivity index (χ0v) is 25.3. The number of hydrogen-bond acceptors (Lipinski definition) is 5. The standard InChI is InChI=1S/C37H36N2O4/c1-36(2,3)43-34(40)30-19-16-26(21-33(30)42-29-20-27-12-9-13-31(27)38-23-29)24-14-17-28(18-15-24)39-32(22-37(4,5)35(39)41)25-10-7-6-8-11-25/h6-12,14-21,23,32H,13,22H2,1-5H3. The SMILES string of the molecule is CC(C)(C)OC(=O)c1ccc(-c2ccc(N3C(=O)C(C)(C)CC3c3ccccc3)cc2)cc1Oc1cnc2c(c1)C=CC2. The Kier molecular flexibility index (Phi) is 7.17. The molecule has 0 saturated carbocycles. The lowest BCUT2D eigenvalue weighted by Gasteiger charge is -2.26. The second kappa shape index (κ2) is 10.8. The summed E-state index contributed by atoms with van der Waals surface area (Å²) in [7, 11) is 0. The smallest absolute Gasteiger partial charge is 0.342 e. The van der Waals surface area contributed by atoms with Crippen molar-refractivity contribution in [3.63, 3.8) is 0 Å². The van der Waals surface area contributed by atoms with Gasteiger partial charge in [-0.15, -0.1) is 0 Å². The Morgan fingerprint density at radius 3 is 2.40 bits per heavy atom. The second-order valence-electron chi connectivity index (χ2n) is 12.9. The van der Waals surface area contributed by atoms with Crippen molar-refractivity contribution in [2.45, 2.75) is 59.1 Å². The molecule has 43 heavy (non-hydrogen) atoms. The number of ether oxygens (including phenoxy) is 2. The summed E-state index contributed by atoms with van der Waals surface area (Å²) in [5, 5.41) is 0. The number of benzene rings is 3. The molecule has 1 aromatic heterocycles. The molecule has 0 spiro atoms. The number of rotatable bonds is 6. The number of carbonyl (C=O) groups is 2. The molecule has 6 heteroatoms. The van der Waals surface area contributed by atoms with Gasteiger partial charge >= 0.3 is 5.97 Å². The summed E-state index contributed by atoms with van der Waals surface area (Å²) < 4.78 is 12.0. The zero-order valence-electron chi connectivity index (χ0n) is 25.3. The van der Waals surface area contributed by atoms with E-state index in [1.54, 1.807) is 12.3 Å². The third kappa shape index (κ3) is 5.82. The third-order valence-electron chi connectivity index (χ3n) is 7.89. The van der Waals surface area contributed by atoms with E-state index < -0.39 is 17.0 Å². The molecule has 6 rings (SSSR count). The van der Waals surface area contributed by atoms with E-state index in [0.717, 1.165) is 46.5 Å². The first kappa shape index (κ1) is 28.4. The van der Waals surface area contributed by atoms with E-state index in [1.807, 2.05) is 106 Å². The van der Waals surface area contributed by atoms with Gasteiger partial charge in [0.25, 0.3) is 0 Å². The molecule has 1 aliphatic heterocycles. The van der Waals surface area contributed by atoms with Crippen LogP contribution < -0.4 is 9.64 Å². The van der Waals surface area contributed by atoms with E-state index in [0.29, 0.717) is 17.1 Å². The van der Waals surface area contributed by atoms with Crippen molar-refractivity contribution in [3.8, 4) is 22.6 Å². The summed E-state index contributed by atoms with van der Waals surface area (Å²) in [6, 6.07) is 25.6. The molecule has 1 atom stereocenters. The van der Waals surface area contributed by atoms with Gasteiger partial charge in [0.05, 0.1) is 17.9 Å². The topological polar surface area (TPSA) is 68.7 Å². The highest BCUT2D eigenvalue weighted by Crippen LogP contribution is 2.46. The van der Waals surface area contributed by atoms with E-state index in [2.05, 4.69) is 23.2 Å². The van der Waals surface area contributed by atoms with Gasteiger partial charge < -0.3 is 14.4 Å². The van der Waals surface area contributed by atoms with Gasteiger partial charge in [0.2, 0.25) is 5.91 Å². The van der Waals surface area contributed by atoms with Crippen LogP contribution in [0.25, 0.3) is 17.2 Å². The number of amides is 1. The van der Waals surface area contributed by atoms with Gasteiger partial charge in [-0.3, -0.25) is 9.78 Å². The summed E-state index contributed by atoms with van der Waals surface area (Å²) in [6.07, 6.45) is 7.33. The Morgan fingerprint density at radius 1 is 0.953 bits per heavy atom. The lowest BCUT2D eigenvalue weighted by molar-refractivity contribution is -0.124. The molecular weight excluding hydrogens is 536 g/mol. The minimum absolute atomic E-state index is 0.0292. The quantitative estimate of drug-likeness (QED) is 0.217. The molecule has 0 N–H and O–H groups in total. The summed E-state index contributed by atoms with van der Waals surface area (Å²) in [4.78, 5) is 33.1. The largest absolute Gasteiger partial charge is 0.456 e. The highest BCUT2D eigenvalue weighted by molar-refractivity contribution is 6.00. The van der Waals surface area contributed by atoms with Crippen molar-refractivity contribution in [3.05, 3.63) is 114 Å². The zero-order chi connectivity index (χ0) is 30.4. The van der Waals surface area contributed by atoms with Crippen LogP contribution >= 0.6 is 0 Å². The molecule has 1 unspecified atom stereocenters. The van der Waals surface area contributed by atoms with Crippen LogP contribution in [0.2, 0.25) is 0 Å². The second-order valence-corrected chi connectivity index (χ2v) is 12.9. The van der Waals surface area contributed by atoms with Crippen molar-refractivity contribution in [2.24, 2.45) is 5.41 Å². The maximum atomic E-state index is 13.5. The molecule has 3 aromatic carbocycles. The fourth-order valence-electron chi connectivity index (χ4n) is 5.76. The molecular formula is C37H36N2O4. The maximum Gasteiger partial charge on any atom is 0.342 e. The summed E-state index contributed by atoms with van der Waals surface area (Å²) in [6.45, 7) is 9.55. The van der Waals surface area contributed by atoms with Gasteiger partial charge in [0.15, 0.2) is 0 Å². The van der Waals surface area contributed by atoms with Crippen LogP contribution in [0.1, 0.15) is 74.3 Å². The molecule has 1 amide bonds. The average molecular weight is 573 g/mol. The molecule has 1 fully saturated rings. The van der Waals surface area contributed by atoms with Gasteiger partial charge in [-0.05, 0) is 79.8 Å². The van der Waals surface area contributed by atoms with Gasteiger partial charge in [0, 0.05) is 17.5 Å². The number of esters is 1. The lowest BCUT2D eigenvalue weighted by Crippen LogP contribution is -2.32. The normalized spacial score (nSPS) is 17.2. The van der Waals surface area contributed by atoms with Gasteiger partial charge in [-0.2, -0.15) is 0 Å². The van der Waals surface area contributed by atoms with E-state index in [1.165, 1.54) is 0 Å². The monoisotopic (exact) mass is 572 g/mol. The lowest BCUT2D eigenvalue weighted by atomic mass is 9.88. The number of hydrogen-bond donors (Lipinski definition) is 0. The molecule has 0 bridgehead atoms. The van der Waals surface area contributed by atoms with Crippen molar-refractivity contribution in [2.75, 3.05) is 4.90 Å².